The van der Waals surface area contributed by atoms with Crippen LogP contribution in [0.3, 0.4) is 0 Å². The normalized spacial score (nSPS) is 13.9. The topological polar surface area (TPSA) is 54.5 Å². The maximum Gasteiger partial charge on any atom is 0.272 e. The zero-order valence-corrected chi connectivity index (χ0v) is 13.3. The highest BCUT2D eigenvalue weighted by Crippen LogP contribution is 2.27. The van der Waals surface area contributed by atoms with Crippen LogP contribution in [0.4, 0.5) is 11.4 Å². The largest absolute Gasteiger partial charge is 0.492 e. The molecule has 1 aliphatic rings. The second-order valence-corrected chi connectivity index (χ2v) is 5.48. The van der Waals surface area contributed by atoms with Crippen LogP contribution in [0.1, 0.15) is 30.3 Å². The van der Waals surface area contributed by atoms with Crippen molar-refractivity contribution in [2.75, 3.05) is 25.0 Å². The molecule has 1 N–H and O–H groups in total. The molecule has 1 aliphatic heterocycles. The van der Waals surface area contributed by atoms with Gasteiger partial charge in [-0.3, -0.25) is 9.78 Å². The third kappa shape index (κ3) is 3.62. The Hall–Kier alpha value is -2.56. The minimum Gasteiger partial charge on any atom is -0.492 e. The van der Waals surface area contributed by atoms with Gasteiger partial charge in [-0.2, -0.15) is 0 Å². The first-order valence-electron chi connectivity index (χ1n) is 8.02. The summed E-state index contributed by atoms with van der Waals surface area (Å²) in [5.41, 5.74) is 2.18. The summed E-state index contributed by atoms with van der Waals surface area (Å²) in [4.78, 5) is 18.5. The second kappa shape index (κ2) is 7.13. The molecule has 0 bridgehead atoms. The van der Waals surface area contributed by atoms with Crippen molar-refractivity contribution in [3.05, 3.63) is 48.3 Å². The molecular formula is C18H21N3O2. The van der Waals surface area contributed by atoms with E-state index in [0.717, 1.165) is 43.1 Å². The van der Waals surface area contributed by atoms with E-state index < -0.39 is 0 Å². The molecule has 0 spiro atoms. The molecule has 23 heavy (non-hydrogen) atoms. The van der Waals surface area contributed by atoms with Crippen LogP contribution in [0.5, 0.6) is 5.75 Å². The molecule has 5 nitrogen and oxygen atoms in total. The number of para-hydroxylation sites is 2. The van der Waals surface area contributed by atoms with Crippen molar-refractivity contribution in [1.82, 2.24) is 9.88 Å². The van der Waals surface area contributed by atoms with Gasteiger partial charge in [-0.15, -0.1) is 0 Å². The number of nitrogens with one attached hydrogen (secondary N) is 1. The van der Waals surface area contributed by atoms with E-state index in [9.17, 15) is 4.79 Å². The highest BCUT2D eigenvalue weighted by Gasteiger charge is 2.20. The summed E-state index contributed by atoms with van der Waals surface area (Å²) in [5, 5.41) is 3.31. The van der Waals surface area contributed by atoms with Gasteiger partial charge in [0.1, 0.15) is 11.4 Å². The first-order valence-corrected chi connectivity index (χ1v) is 8.02. The molecule has 1 aromatic carbocycles. The van der Waals surface area contributed by atoms with E-state index in [1.807, 2.05) is 42.2 Å². The summed E-state index contributed by atoms with van der Waals surface area (Å²) in [6, 6.07) is 11.4. The van der Waals surface area contributed by atoms with Gasteiger partial charge in [0, 0.05) is 25.0 Å². The molecule has 1 aromatic heterocycles. The van der Waals surface area contributed by atoms with Crippen LogP contribution in [0.2, 0.25) is 0 Å². The van der Waals surface area contributed by atoms with Gasteiger partial charge in [0.25, 0.3) is 5.91 Å². The lowest BCUT2D eigenvalue weighted by atomic mass is 10.2. The van der Waals surface area contributed by atoms with Gasteiger partial charge in [-0.1, -0.05) is 12.1 Å². The molecule has 2 heterocycles. The molecule has 3 rings (SSSR count). The highest BCUT2D eigenvalue weighted by atomic mass is 16.5. The Labute approximate surface area is 136 Å². The number of carbonyl (C=O) groups is 1. The van der Waals surface area contributed by atoms with Crippen molar-refractivity contribution in [2.45, 2.75) is 19.8 Å². The minimum absolute atomic E-state index is 0.00393. The van der Waals surface area contributed by atoms with Gasteiger partial charge < -0.3 is 15.0 Å². The van der Waals surface area contributed by atoms with Gasteiger partial charge in [-0.25, -0.2) is 0 Å². The van der Waals surface area contributed by atoms with Crippen molar-refractivity contribution in [3.63, 3.8) is 0 Å². The number of hydrogen-bond acceptors (Lipinski definition) is 4. The fourth-order valence-corrected chi connectivity index (χ4v) is 2.71. The lowest BCUT2D eigenvalue weighted by Gasteiger charge is -2.16. The van der Waals surface area contributed by atoms with Crippen molar-refractivity contribution in [2.24, 2.45) is 0 Å². The average molecular weight is 311 g/mol. The smallest absolute Gasteiger partial charge is 0.272 e. The Kier molecular flexibility index (Phi) is 4.76. The van der Waals surface area contributed by atoms with Crippen LogP contribution in [-0.4, -0.2) is 35.5 Å². The van der Waals surface area contributed by atoms with Crippen LogP contribution in [0.25, 0.3) is 0 Å². The standard InChI is InChI=1S/C18H21N3O2/c1-2-23-17-8-4-3-7-15(17)20-14-9-10-19-16(13-14)18(22)21-11-5-6-12-21/h3-4,7-10,13H,2,5-6,11-12H2,1H3,(H,19,20). The Morgan fingerprint density at radius 3 is 2.83 bits per heavy atom. The maximum atomic E-state index is 12.4. The quantitative estimate of drug-likeness (QED) is 0.919. The van der Waals surface area contributed by atoms with Crippen molar-refractivity contribution < 1.29 is 9.53 Å². The molecule has 0 atom stereocenters. The van der Waals surface area contributed by atoms with Gasteiger partial charge in [-0.05, 0) is 44.0 Å². The number of nitrogens with zero attached hydrogens (tertiary/aromatic N) is 2. The molecular weight excluding hydrogens is 290 g/mol. The predicted octanol–water partition coefficient (Wildman–Crippen LogP) is 3.46. The van der Waals surface area contributed by atoms with Crippen LogP contribution in [0.15, 0.2) is 42.6 Å². The lowest BCUT2D eigenvalue weighted by molar-refractivity contribution is 0.0787. The Bertz CT molecular complexity index is 681. The summed E-state index contributed by atoms with van der Waals surface area (Å²) < 4.78 is 5.61. The Morgan fingerprint density at radius 1 is 1.26 bits per heavy atom. The Morgan fingerprint density at radius 2 is 2.04 bits per heavy atom. The molecule has 1 amide bonds. The number of hydrogen-bond donors (Lipinski definition) is 1. The molecule has 1 saturated heterocycles. The number of benzene rings is 1. The van der Waals surface area contributed by atoms with Crippen molar-refractivity contribution >= 4 is 17.3 Å². The number of anilines is 2. The summed E-state index contributed by atoms with van der Waals surface area (Å²) in [6.07, 6.45) is 3.81. The molecule has 0 saturated carbocycles. The molecule has 0 unspecified atom stereocenters. The number of ether oxygens (including phenoxy) is 1. The van der Waals surface area contributed by atoms with Crippen LogP contribution >= 0.6 is 0 Å². The fraction of sp³-hybridized carbons (Fsp3) is 0.333. The Balaban J connectivity index is 1.79. The minimum atomic E-state index is 0.00393. The van der Waals surface area contributed by atoms with E-state index in [1.54, 1.807) is 12.3 Å². The van der Waals surface area contributed by atoms with Crippen LogP contribution in [-0.2, 0) is 0 Å². The van der Waals surface area contributed by atoms with Crippen LogP contribution in [0, 0.1) is 0 Å². The van der Waals surface area contributed by atoms with Crippen LogP contribution < -0.4 is 10.1 Å². The number of carbonyl (C=O) groups excluding carboxylic acids is 1. The SMILES string of the molecule is CCOc1ccccc1Nc1ccnc(C(=O)N2CCCC2)c1. The molecule has 2 aromatic rings. The highest BCUT2D eigenvalue weighted by molar-refractivity contribution is 5.93. The zero-order valence-electron chi connectivity index (χ0n) is 13.3. The van der Waals surface area contributed by atoms with E-state index in [4.69, 9.17) is 4.74 Å². The number of likely N-dealkylation sites (tertiary alicyclic amines) is 1. The molecule has 0 radical (unpaired) electrons. The molecule has 5 heteroatoms. The number of pyridine rings is 1. The number of aromatic nitrogens is 1. The predicted molar refractivity (Wildman–Crippen MR) is 90.3 cm³/mol. The zero-order chi connectivity index (χ0) is 16.1. The number of rotatable bonds is 5. The second-order valence-electron chi connectivity index (χ2n) is 5.48. The fourth-order valence-electron chi connectivity index (χ4n) is 2.71. The van der Waals surface area contributed by atoms with E-state index in [1.165, 1.54) is 0 Å². The van der Waals surface area contributed by atoms with Gasteiger partial charge in [0.2, 0.25) is 0 Å². The van der Waals surface area contributed by atoms with E-state index in [-0.39, 0.29) is 5.91 Å². The van der Waals surface area contributed by atoms with Gasteiger partial charge in [0.15, 0.2) is 0 Å². The van der Waals surface area contributed by atoms with E-state index in [0.29, 0.717) is 12.3 Å². The maximum absolute atomic E-state index is 12.4. The molecule has 1 fully saturated rings. The van der Waals surface area contributed by atoms with Crippen molar-refractivity contribution in [1.29, 1.82) is 0 Å². The average Bonchev–Trinajstić information content (AvgIpc) is 3.11. The molecule has 120 valence electrons. The molecule has 0 aliphatic carbocycles. The summed E-state index contributed by atoms with van der Waals surface area (Å²) in [5.74, 6) is 0.795. The van der Waals surface area contributed by atoms with Gasteiger partial charge >= 0.3 is 0 Å². The van der Waals surface area contributed by atoms with Crippen molar-refractivity contribution in [3.8, 4) is 5.75 Å². The third-order valence-electron chi connectivity index (χ3n) is 3.84. The van der Waals surface area contributed by atoms with Gasteiger partial charge in [0.05, 0.1) is 12.3 Å². The monoisotopic (exact) mass is 311 g/mol. The first-order chi connectivity index (χ1) is 11.3. The first kappa shape index (κ1) is 15.3. The third-order valence-corrected chi connectivity index (χ3v) is 3.84. The summed E-state index contributed by atoms with van der Waals surface area (Å²) in [7, 11) is 0. The summed E-state index contributed by atoms with van der Waals surface area (Å²) in [6.45, 7) is 4.21. The summed E-state index contributed by atoms with van der Waals surface area (Å²) >= 11 is 0. The van der Waals surface area contributed by atoms with E-state index in [2.05, 4.69) is 10.3 Å². The lowest BCUT2D eigenvalue weighted by Crippen LogP contribution is -2.28. The number of amides is 1. The van der Waals surface area contributed by atoms with E-state index >= 15 is 0 Å².